The van der Waals surface area contributed by atoms with Crippen molar-refractivity contribution in [1.82, 2.24) is 5.32 Å². The molecule has 2 nitrogen and oxygen atoms in total. The fourth-order valence-corrected chi connectivity index (χ4v) is 3.31. The van der Waals surface area contributed by atoms with Crippen molar-refractivity contribution in [3.63, 3.8) is 0 Å². The van der Waals surface area contributed by atoms with Gasteiger partial charge in [-0.1, -0.05) is 56.0 Å². The Morgan fingerprint density at radius 2 is 1.80 bits per heavy atom. The topological polar surface area (TPSA) is 35.8 Å². The molecule has 0 bridgehead atoms. The summed E-state index contributed by atoms with van der Waals surface area (Å²) in [4.78, 5) is 0. The highest BCUT2D eigenvalue weighted by atomic mass is 15.0. The zero-order valence-corrected chi connectivity index (χ0v) is 12.5. The van der Waals surface area contributed by atoms with E-state index < -0.39 is 0 Å². The Labute approximate surface area is 123 Å². The first-order chi connectivity index (χ1) is 9.81. The highest BCUT2D eigenvalue weighted by Crippen LogP contribution is 2.27. The van der Waals surface area contributed by atoms with E-state index in [1.165, 1.54) is 44.1 Å². The number of nitrogens with zero attached hydrogens (tertiary/aromatic N) is 1. The van der Waals surface area contributed by atoms with E-state index in [9.17, 15) is 0 Å². The molecule has 0 aliphatic heterocycles. The predicted molar refractivity (Wildman–Crippen MR) is 83.2 cm³/mol. The summed E-state index contributed by atoms with van der Waals surface area (Å²) in [6, 6.07) is 13.4. The second-order valence-corrected chi connectivity index (χ2v) is 6.03. The predicted octanol–water partition coefficient (Wildman–Crippen LogP) is 4.59. The lowest BCUT2D eigenvalue weighted by molar-refractivity contribution is 0.311. The molecule has 2 atom stereocenters. The van der Waals surface area contributed by atoms with Gasteiger partial charge in [0.15, 0.2) is 0 Å². The van der Waals surface area contributed by atoms with Gasteiger partial charge in [0.25, 0.3) is 0 Å². The lowest BCUT2D eigenvalue weighted by atomic mass is 9.91. The Hall–Kier alpha value is -1.33. The van der Waals surface area contributed by atoms with Gasteiger partial charge in [-0.2, -0.15) is 5.26 Å². The molecule has 1 aliphatic carbocycles. The molecule has 0 saturated heterocycles. The van der Waals surface area contributed by atoms with Crippen molar-refractivity contribution in [2.45, 2.75) is 64.0 Å². The van der Waals surface area contributed by atoms with Crippen LogP contribution in [0, 0.1) is 17.2 Å². The Bertz CT molecular complexity index is 413. The van der Waals surface area contributed by atoms with Gasteiger partial charge in [-0.25, -0.2) is 0 Å². The third kappa shape index (κ3) is 4.35. The van der Waals surface area contributed by atoms with Crippen LogP contribution < -0.4 is 5.32 Å². The van der Waals surface area contributed by atoms with Gasteiger partial charge in [-0.05, 0) is 31.2 Å². The van der Waals surface area contributed by atoms with E-state index in [-0.39, 0.29) is 6.04 Å². The molecule has 0 radical (unpaired) electrons. The molecule has 1 aromatic carbocycles. The highest BCUT2D eigenvalue weighted by Gasteiger charge is 2.22. The second kappa shape index (κ2) is 8.07. The van der Waals surface area contributed by atoms with Crippen LogP contribution in [0.2, 0.25) is 0 Å². The summed E-state index contributed by atoms with van der Waals surface area (Å²) in [5, 5.41) is 12.8. The average Bonchev–Trinajstić information content (AvgIpc) is 2.77. The maximum Gasteiger partial charge on any atom is 0.0641 e. The largest absolute Gasteiger partial charge is 0.306 e. The Kier molecular flexibility index (Phi) is 6.08. The van der Waals surface area contributed by atoms with Crippen molar-refractivity contribution in [2.24, 2.45) is 5.92 Å². The lowest BCUT2D eigenvalue weighted by Crippen LogP contribution is -2.36. The summed E-state index contributed by atoms with van der Waals surface area (Å²) in [5.41, 5.74) is 1.23. The molecule has 108 valence electrons. The molecule has 1 fully saturated rings. The number of hydrogen-bond donors (Lipinski definition) is 1. The first-order valence-corrected chi connectivity index (χ1v) is 7.99. The van der Waals surface area contributed by atoms with Crippen molar-refractivity contribution in [2.75, 3.05) is 0 Å². The summed E-state index contributed by atoms with van der Waals surface area (Å²) < 4.78 is 0. The molecule has 2 rings (SSSR count). The highest BCUT2D eigenvalue weighted by molar-refractivity contribution is 5.20. The molecule has 2 heteroatoms. The van der Waals surface area contributed by atoms with Crippen LogP contribution in [0.4, 0.5) is 0 Å². The Morgan fingerprint density at radius 1 is 1.15 bits per heavy atom. The summed E-state index contributed by atoms with van der Waals surface area (Å²) in [7, 11) is 0. The first kappa shape index (κ1) is 15.1. The van der Waals surface area contributed by atoms with Crippen LogP contribution >= 0.6 is 0 Å². The Balaban J connectivity index is 1.98. The van der Waals surface area contributed by atoms with Crippen molar-refractivity contribution >= 4 is 0 Å². The third-order valence-corrected chi connectivity index (χ3v) is 4.57. The van der Waals surface area contributed by atoms with Crippen LogP contribution in [0.3, 0.4) is 0 Å². The number of nitriles is 1. The number of benzene rings is 1. The van der Waals surface area contributed by atoms with E-state index in [2.05, 4.69) is 42.6 Å². The van der Waals surface area contributed by atoms with Crippen molar-refractivity contribution in [3.05, 3.63) is 35.9 Å². The van der Waals surface area contributed by atoms with Gasteiger partial charge in [0.05, 0.1) is 12.5 Å². The molecule has 20 heavy (non-hydrogen) atoms. The molecule has 0 heterocycles. The molecule has 1 saturated carbocycles. The second-order valence-electron chi connectivity index (χ2n) is 6.03. The average molecular weight is 270 g/mol. The fraction of sp³-hybridized carbons (Fsp3) is 0.611. The van der Waals surface area contributed by atoms with E-state index in [1.54, 1.807) is 0 Å². The van der Waals surface area contributed by atoms with Crippen LogP contribution in [0.1, 0.15) is 63.5 Å². The van der Waals surface area contributed by atoms with E-state index >= 15 is 0 Å². The minimum atomic E-state index is 0.166. The monoisotopic (exact) mass is 270 g/mol. The zero-order valence-electron chi connectivity index (χ0n) is 12.5. The van der Waals surface area contributed by atoms with Crippen LogP contribution in [0.5, 0.6) is 0 Å². The summed E-state index contributed by atoms with van der Waals surface area (Å²) in [6.07, 6.45) is 8.73. The summed E-state index contributed by atoms with van der Waals surface area (Å²) in [5.74, 6) is 0.766. The van der Waals surface area contributed by atoms with E-state index in [4.69, 9.17) is 5.26 Å². The van der Waals surface area contributed by atoms with E-state index in [1.807, 2.05) is 6.07 Å². The minimum Gasteiger partial charge on any atom is -0.306 e. The van der Waals surface area contributed by atoms with E-state index in [0.29, 0.717) is 12.5 Å². The third-order valence-electron chi connectivity index (χ3n) is 4.57. The molecule has 1 unspecified atom stereocenters. The number of hydrogen-bond acceptors (Lipinski definition) is 2. The first-order valence-electron chi connectivity index (χ1n) is 7.99. The summed E-state index contributed by atoms with van der Waals surface area (Å²) in [6.45, 7) is 2.29. The van der Waals surface area contributed by atoms with Crippen LogP contribution in [-0.4, -0.2) is 6.04 Å². The number of rotatable bonds is 5. The van der Waals surface area contributed by atoms with Gasteiger partial charge in [0.1, 0.15) is 0 Å². The van der Waals surface area contributed by atoms with Gasteiger partial charge in [-0.15, -0.1) is 0 Å². The van der Waals surface area contributed by atoms with Crippen LogP contribution in [-0.2, 0) is 0 Å². The number of nitrogens with one attached hydrogen (secondary N) is 1. The van der Waals surface area contributed by atoms with Gasteiger partial charge in [-0.3, -0.25) is 0 Å². The lowest BCUT2D eigenvalue weighted by Gasteiger charge is -2.28. The van der Waals surface area contributed by atoms with E-state index in [0.717, 1.165) is 5.92 Å². The molecule has 1 aliphatic rings. The summed E-state index contributed by atoms with van der Waals surface area (Å²) >= 11 is 0. The quantitative estimate of drug-likeness (QED) is 0.794. The molecular weight excluding hydrogens is 244 g/mol. The van der Waals surface area contributed by atoms with Gasteiger partial charge in [0, 0.05) is 12.1 Å². The molecule has 0 amide bonds. The van der Waals surface area contributed by atoms with Gasteiger partial charge in [0.2, 0.25) is 0 Å². The van der Waals surface area contributed by atoms with Gasteiger partial charge >= 0.3 is 0 Å². The van der Waals surface area contributed by atoms with Crippen molar-refractivity contribution in [3.8, 4) is 6.07 Å². The molecule has 0 spiro atoms. The maximum absolute atomic E-state index is 9.08. The minimum absolute atomic E-state index is 0.166. The Morgan fingerprint density at radius 3 is 2.40 bits per heavy atom. The molecular formula is C18H26N2. The maximum atomic E-state index is 9.08. The van der Waals surface area contributed by atoms with Crippen LogP contribution in [0.25, 0.3) is 0 Å². The van der Waals surface area contributed by atoms with Crippen molar-refractivity contribution < 1.29 is 0 Å². The zero-order chi connectivity index (χ0) is 14.2. The smallest absolute Gasteiger partial charge is 0.0641 e. The normalized spacial score (nSPS) is 19.8. The molecule has 0 aromatic heterocycles. The fourth-order valence-electron chi connectivity index (χ4n) is 3.31. The standard InChI is InChI=1S/C18H26N2/c1-15(16-9-5-2-3-6-10-16)20-18(13-14-19)17-11-7-4-8-12-17/h4,7-8,11-12,15-16,18,20H,2-3,5-6,9-10,13H2,1H3/t15-,18?/m1/s1. The molecule has 1 N–H and O–H groups in total. The van der Waals surface area contributed by atoms with Crippen molar-refractivity contribution in [1.29, 1.82) is 5.26 Å². The van der Waals surface area contributed by atoms with Gasteiger partial charge < -0.3 is 5.32 Å². The SMILES string of the molecule is C[C@@H](NC(CC#N)c1ccccc1)C1CCCCCC1. The molecule has 1 aromatic rings. The van der Waals surface area contributed by atoms with Crippen LogP contribution in [0.15, 0.2) is 30.3 Å².